The van der Waals surface area contributed by atoms with Crippen LogP contribution >= 0.6 is 11.6 Å². The number of aromatic nitrogens is 2. The first-order valence-electron chi connectivity index (χ1n) is 6.25. The van der Waals surface area contributed by atoms with Gasteiger partial charge in [0.25, 0.3) is 0 Å². The molecule has 0 unspecified atom stereocenters. The van der Waals surface area contributed by atoms with E-state index >= 15 is 0 Å². The number of hydrogen-bond donors (Lipinski definition) is 2. The van der Waals surface area contributed by atoms with Crippen molar-refractivity contribution in [2.45, 2.75) is 13.3 Å². The molecule has 0 saturated carbocycles. The van der Waals surface area contributed by atoms with E-state index in [4.69, 9.17) is 26.2 Å². The number of hydrogen-bond acceptors (Lipinski definition) is 4. The van der Waals surface area contributed by atoms with E-state index < -0.39 is 5.97 Å². The lowest BCUT2D eigenvalue weighted by atomic mass is 10.0. The molecule has 112 valence electrons. The second-order valence-electron chi connectivity index (χ2n) is 4.29. The molecule has 1 aromatic heterocycles. The van der Waals surface area contributed by atoms with Crippen molar-refractivity contribution >= 4 is 17.6 Å². The number of carbonyl (C=O) groups is 1. The van der Waals surface area contributed by atoms with Crippen molar-refractivity contribution in [1.82, 2.24) is 10.2 Å². The molecule has 7 heteroatoms. The Kier molecular flexibility index (Phi) is 4.37. The molecular weight excluding hydrogens is 296 g/mol. The van der Waals surface area contributed by atoms with Crippen molar-refractivity contribution in [3.63, 3.8) is 0 Å². The van der Waals surface area contributed by atoms with Crippen LogP contribution in [0, 0.1) is 0 Å². The number of ether oxygens (including phenoxy) is 2. The average molecular weight is 311 g/mol. The zero-order valence-electron chi connectivity index (χ0n) is 11.9. The fourth-order valence-corrected chi connectivity index (χ4v) is 2.49. The minimum atomic E-state index is -1.08. The summed E-state index contributed by atoms with van der Waals surface area (Å²) in [5.74, 6) is -0.133. The lowest BCUT2D eigenvalue weighted by Crippen LogP contribution is -1.97. The summed E-state index contributed by atoms with van der Waals surface area (Å²) >= 11 is 6.31. The predicted octanol–water partition coefficient (Wildman–Crippen LogP) is 3.01. The van der Waals surface area contributed by atoms with Gasteiger partial charge in [-0.3, -0.25) is 5.10 Å². The second-order valence-corrected chi connectivity index (χ2v) is 4.67. The van der Waals surface area contributed by atoms with Gasteiger partial charge in [0, 0.05) is 5.56 Å². The van der Waals surface area contributed by atoms with Crippen LogP contribution in [0.15, 0.2) is 12.1 Å². The fourth-order valence-electron chi connectivity index (χ4n) is 2.11. The van der Waals surface area contributed by atoms with E-state index in [0.717, 1.165) is 5.56 Å². The minimum absolute atomic E-state index is 0.00274. The third-order valence-electron chi connectivity index (χ3n) is 3.13. The molecule has 1 aromatic carbocycles. The van der Waals surface area contributed by atoms with Crippen molar-refractivity contribution in [2.24, 2.45) is 0 Å². The summed E-state index contributed by atoms with van der Waals surface area (Å²) in [6.07, 6.45) is 0.704. The number of halogens is 1. The monoisotopic (exact) mass is 310 g/mol. The van der Waals surface area contributed by atoms with Crippen LogP contribution in [0.25, 0.3) is 11.3 Å². The van der Waals surface area contributed by atoms with Crippen molar-refractivity contribution in [3.05, 3.63) is 28.4 Å². The number of rotatable bonds is 5. The van der Waals surface area contributed by atoms with Crippen molar-refractivity contribution in [1.29, 1.82) is 0 Å². The molecule has 21 heavy (non-hydrogen) atoms. The van der Waals surface area contributed by atoms with Crippen LogP contribution < -0.4 is 9.47 Å². The van der Waals surface area contributed by atoms with Gasteiger partial charge < -0.3 is 14.6 Å². The average Bonchev–Trinajstić information content (AvgIpc) is 2.96. The predicted molar refractivity (Wildman–Crippen MR) is 78.5 cm³/mol. The molecule has 0 amide bonds. The van der Waals surface area contributed by atoms with Gasteiger partial charge in [-0.25, -0.2) is 4.79 Å². The SMILES string of the molecule is CCc1cc(-c2cc(C(=O)O)[nH]n2)c(OC)c(Cl)c1OC. The van der Waals surface area contributed by atoms with Gasteiger partial charge in [-0.05, 0) is 24.1 Å². The summed E-state index contributed by atoms with van der Waals surface area (Å²) in [5.41, 5.74) is 1.95. The zero-order chi connectivity index (χ0) is 15.6. The van der Waals surface area contributed by atoms with Gasteiger partial charge in [0.15, 0.2) is 5.75 Å². The highest BCUT2D eigenvalue weighted by Gasteiger charge is 2.21. The van der Waals surface area contributed by atoms with Crippen LogP contribution in [0.4, 0.5) is 0 Å². The number of H-pyrrole nitrogens is 1. The summed E-state index contributed by atoms with van der Waals surface area (Å²) in [6, 6.07) is 3.27. The van der Waals surface area contributed by atoms with Gasteiger partial charge in [-0.2, -0.15) is 5.10 Å². The molecule has 2 aromatic rings. The minimum Gasteiger partial charge on any atom is -0.495 e. The van der Waals surface area contributed by atoms with E-state index in [0.29, 0.717) is 34.2 Å². The topological polar surface area (TPSA) is 84.4 Å². The quantitative estimate of drug-likeness (QED) is 0.886. The molecule has 2 N–H and O–H groups in total. The van der Waals surface area contributed by atoms with Gasteiger partial charge in [0.1, 0.15) is 16.5 Å². The summed E-state index contributed by atoms with van der Waals surface area (Å²) in [5, 5.41) is 15.8. The van der Waals surface area contributed by atoms with Gasteiger partial charge in [-0.1, -0.05) is 18.5 Å². The molecule has 0 saturated heterocycles. The number of aromatic amines is 1. The van der Waals surface area contributed by atoms with Crippen LogP contribution in [0.1, 0.15) is 23.0 Å². The van der Waals surface area contributed by atoms with Crippen LogP contribution in [-0.2, 0) is 6.42 Å². The van der Waals surface area contributed by atoms with E-state index in [1.165, 1.54) is 20.3 Å². The Labute approximate surface area is 126 Å². The number of benzene rings is 1. The normalized spacial score (nSPS) is 10.5. The molecule has 0 aliphatic rings. The molecule has 6 nitrogen and oxygen atoms in total. The number of carboxylic acids is 1. The van der Waals surface area contributed by atoms with Gasteiger partial charge in [-0.15, -0.1) is 0 Å². The highest BCUT2D eigenvalue weighted by molar-refractivity contribution is 6.34. The number of nitrogens with one attached hydrogen (secondary N) is 1. The number of aromatic carboxylic acids is 1. The zero-order valence-corrected chi connectivity index (χ0v) is 12.6. The third kappa shape index (κ3) is 2.67. The molecular formula is C14H15ClN2O4. The molecule has 0 spiro atoms. The lowest BCUT2D eigenvalue weighted by molar-refractivity contribution is 0.0690. The first-order valence-corrected chi connectivity index (χ1v) is 6.63. The smallest absolute Gasteiger partial charge is 0.353 e. The van der Waals surface area contributed by atoms with Crippen LogP contribution in [-0.4, -0.2) is 35.5 Å². The molecule has 0 aliphatic carbocycles. The van der Waals surface area contributed by atoms with Crippen molar-refractivity contribution in [2.75, 3.05) is 14.2 Å². The summed E-state index contributed by atoms with van der Waals surface area (Å²) < 4.78 is 10.6. The maximum absolute atomic E-state index is 10.9. The molecule has 0 fully saturated rings. The van der Waals surface area contributed by atoms with Crippen LogP contribution in [0.3, 0.4) is 0 Å². The van der Waals surface area contributed by atoms with E-state index in [9.17, 15) is 4.79 Å². The maximum Gasteiger partial charge on any atom is 0.353 e. The Bertz CT molecular complexity index is 682. The second kappa shape index (κ2) is 6.05. The Balaban J connectivity index is 2.66. The largest absolute Gasteiger partial charge is 0.495 e. The highest BCUT2D eigenvalue weighted by atomic mass is 35.5. The van der Waals surface area contributed by atoms with Crippen molar-refractivity contribution < 1.29 is 19.4 Å². The Morgan fingerprint density at radius 3 is 2.48 bits per heavy atom. The maximum atomic E-state index is 10.9. The van der Waals surface area contributed by atoms with Crippen LogP contribution in [0.2, 0.25) is 5.02 Å². The standard InChI is InChI=1S/C14H15ClN2O4/c1-4-7-5-8(9-6-10(14(18)19)17-16-9)13(21-3)11(15)12(7)20-2/h5-6H,4H2,1-3H3,(H,16,17)(H,18,19). The van der Waals surface area contributed by atoms with Gasteiger partial charge >= 0.3 is 5.97 Å². The Morgan fingerprint density at radius 1 is 1.33 bits per heavy atom. The fraction of sp³-hybridized carbons (Fsp3) is 0.286. The summed E-state index contributed by atoms with van der Waals surface area (Å²) in [6.45, 7) is 1.97. The Morgan fingerprint density at radius 2 is 2.00 bits per heavy atom. The molecule has 2 rings (SSSR count). The van der Waals surface area contributed by atoms with E-state index in [-0.39, 0.29) is 5.69 Å². The van der Waals surface area contributed by atoms with E-state index in [1.54, 1.807) is 0 Å². The number of nitrogens with zero attached hydrogens (tertiary/aromatic N) is 1. The molecule has 1 heterocycles. The molecule has 0 atom stereocenters. The molecule has 0 radical (unpaired) electrons. The summed E-state index contributed by atoms with van der Waals surface area (Å²) in [7, 11) is 3.02. The number of methoxy groups -OCH3 is 2. The van der Waals surface area contributed by atoms with E-state index in [2.05, 4.69) is 10.2 Å². The third-order valence-corrected chi connectivity index (χ3v) is 3.47. The van der Waals surface area contributed by atoms with Crippen LogP contribution in [0.5, 0.6) is 11.5 Å². The highest BCUT2D eigenvalue weighted by Crippen LogP contribution is 2.44. The molecule has 0 aliphatic heterocycles. The summed E-state index contributed by atoms with van der Waals surface area (Å²) in [4.78, 5) is 10.9. The van der Waals surface area contributed by atoms with Gasteiger partial charge in [0.05, 0.1) is 19.9 Å². The Hall–Kier alpha value is -2.21. The van der Waals surface area contributed by atoms with Gasteiger partial charge in [0.2, 0.25) is 0 Å². The first kappa shape index (κ1) is 15.2. The van der Waals surface area contributed by atoms with Crippen molar-refractivity contribution in [3.8, 4) is 22.8 Å². The lowest BCUT2D eigenvalue weighted by Gasteiger charge is -2.15. The molecule has 0 bridgehead atoms. The van der Waals surface area contributed by atoms with E-state index in [1.807, 2.05) is 13.0 Å². The number of aryl methyl sites for hydroxylation is 1. The number of carboxylic acid groups (broad SMARTS) is 1. The first-order chi connectivity index (χ1) is 10.0.